The monoisotopic (exact) mass is 471 g/mol. The van der Waals surface area contributed by atoms with Crippen LogP contribution < -0.4 is 4.90 Å². The number of ether oxygens (including phenoxy) is 1. The Morgan fingerprint density at radius 2 is 1.67 bits per heavy atom. The third kappa shape index (κ3) is 4.95. The standard InChI is InChI=1S/C32H29N3O/c1-5-25-20-24(17-19-31(25)35(3)4)16-18-29-21-26(30(23-33)34-2)22-32(36-29,27-12-8-6-9-13-27)28-14-10-7-11-15-28/h6-21H,5,22H2,1,3-4H3/b18-16+,30-26-. The summed E-state index contributed by atoms with van der Waals surface area (Å²) >= 11 is 0. The van der Waals surface area contributed by atoms with Gasteiger partial charge in [-0.1, -0.05) is 79.7 Å². The number of aryl methyl sites for hydroxylation is 1. The maximum absolute atomic E-state index is 9.70. The van der Waals surface area contributed by atoms with Gasteiger partial charge in [0, 0.05) is 37.3 Å². The molecular formula is C32H29N3O. The van der Waals surface area contributed by atoms with Crippen LogP contribution in [0.3, 0.4) is 0 Å². The van der Waals surface area contributed by atoms with Gasteiger partial charge in [-0.2, -0.15) is 0 Å². The van der Waals surface area contributed by atoms with E-state index in [1.165, 1.54) is 11.3 Å². The van der Waals surface area contributed by atoms with E-state index in [1.54, 1.807) is 0 Å². The number of nitrogens with zero attached hydrogens (tertiary/aromatic N) is 3. The van der Waals surface area contributed by atoms with E-state index in [1.807, 2.05) is 78.9 Å². The van der Waals surface area contributed by atoms with E-state index < -0.39 is 5.60 Å². The largest absolute Gasteiger partial charge is 0.478 e. The molecule has 1 heterocycles. The number of allylic oxidation sites excluding steroid dienone is 3. The van der Waals surface area contributed by atoms with Crippen LogP contribution in [0, 0.1) is 17.9 Å². The molecule has 4 heteroatoms. The zero-order chi connectivity index (χ0) is 25.5. The molecule has 0 radical (unpaired) electrons. The van der Waals surface area contributed by atoms with Crippen molar-refractivity contribution in [1.82, 2.24) is 0 Å². The van der Waals surface area contributed by atoms with Crippen LogP contribution in [-0.4, -0.2) is 14.1 Å². The highest BCUT2D eigenvalue weighted by atomic mass is 16.5. The molecule has 0 atom stereocenters. The Hall–Kier alpha value is -4.54. The van der Waals surface area contributed by atoms with E-state index in [-0.39, 0.29) is 5.70 Å². The maximum atomic E-state index is 9.70. The van der Waals surface area contributed by atoms with E-state index in [4.69, 9.17) is 11.3 Å². The summed E-state index contributed by atoms with van der Waals surface area (Å²) in [5.41, 5.74) is 5.38. The summed E-state index contributed by atoms with van der Waals surface area (Å²) in [5.74, 6) is 0.607. The molecule has 4 nitrogen and oxygen atoms in total. The molecule has 0 bridgehead atoms. The lowest BCUT2D eigenvalue weighted by Gasteiger charge is -2.39. The highest BCUT2D eigenvalue weighted by Crippen LogP contribution is 2.45. The smallest absolute Gasteiger partial charge is 0.265 e. The molecule has 0 saturated heterocycles. The average molecular weight is 472 g/mol. The van der Waals surface area contributed by atoms with Crippen molar-refractivity contribution in [3.63, 3.8) is 0 Å². The zero-order valence-electron chi connectivity index (χ0n) is 20.9. The lowest BCUT2D eigenvalue weighted by atomic mass is 9.79. The van der Waals surface area contributed by atoms with Crippen molar-refractivity contribution < 1.29 is 4.74 Å². The number of benzene rings is 3. The molecule has 0 aromatic heterocycles. The number of rotatable bonds is 6. The molecular weight excluding hydrogens is 442 g/mol. The number of hydrogen-bond donors (Lipinski definition) is 0. The minimum absolute atomic E-state index is 0.0871. The summed E-state index contributed by atoms with van der Waals surface area (Å²) < 4.78 is 6.78. The van der Waals surface area contributed by atoms with Crippen molar-refractivity contribution >= 4 is 11.8 Å². The quantitative estimate of drug-likeness (QED) is 0.280. The van der Waals surface area contributed by atoms with E-state index in [9.17, 15) is 5.26 Å². The van der Waals surface area contributed by atoms with Gasteiger partial charge in [-0.3, -0.25) is 0 Å². The molecule has 0 unspecified atom stereocenters. The van der Waals surface area contributed by atoms with Crippen LogP contribution in [0.1, 0.15) is 35.6 Å². The van der Waals surface area contributed by atoms with Gasteiger partial charge in [-0.15, -0.1) is 0 Å². The summed E-state index contributed by atoms with van der Waals surface area (Å²) in [6.45, 7) is 9.74. The molecule has 1 aliphatic heterocycles. The van der Waals surface area contributed by atoms with Crippen molar-refractivity contribution in [2.75, 3.05) is 19.0 Å². The highest BCUT2D eigenvalue weighted by Gasteiger charge is 2.40. The SMILES string of the molecule is [C-]#[N+]/C(C#N)=C1C=C(/C=C/c2ccc(N(C)C)c(CC)c2)OC(c2ccccc2)(c2ccccc2)C/1. The Balaban J connectivity index is 1.84. The van der Waals surface area contributed by atoms with Gasteiger partial charge in [-0.25, -0.2) is 10.1 Å². The fraction of sp³-hybridized carbons (Fsp3) is 0.188. The van der Waals surface area contributed by atoms with Gasteiger partial charge in [0.1, 0.15) is 5.76 Å². The third-order valence-electron chi connectivity index (χ3n) is 6.46. The average Bonchev–Trinajstić information content (AvgIpc) is 2.93. The first-order valence-electron chi connectivity index (χ1n) is 12.0. The number of nitriles is 1. The van der Waals surface area contributed by atoms with Crippen molar-refractivity contribution in [2.45, 2.75) is 25.4 Å². The Labute approximate surface area is 213 Å². The summed E-state index contributed by atoms with van der Waals surface area (Å²) in [4.78, 5) is 5.65. The Morgan fingerprint density at radius 3 is 2.19 bits per heavy atom. The van der Waals surface area contributed by atoms with E-state index >= 15 is 0 Å². The molecule has 178 valence electrons. The third-order valence-corrected chi connectivity index (χ3v) is 6.46. The number of hydrogen-bond acceptors (Lipinski definition) is 3. The van der Waals surface area contributed by atoms with Crippen LogP contribution in [0.5, 0.6) is 0 Å². The second-order valence-electron chi connectivity index (χ2n) is 8.95. The first kappa shape index (κ1) is 24.6. The predicted octanol–water partition coefficient (Wildman–Crippen LogP) is 7.27. The Bertz CT molecular complexity index is 1350. The predicted molar refractivity (Wildman–Crippen MR) is 146 cm³/mol. The van der Waals surface area contributed by atoms with Gasteiger partial charge in [-0.05, 0) is 47.4 Å². The zero-order valence-corrected chi connectivity index (χ0v) is 20.9. The first-order valence-corrected chi connectivity index (χ1v) is 12.0. The van der Waals surface area contributed by atoms with Gasteiger partial charge < -0.3 is 9.64 Å². The second kappa shape index (κ2) is 10.8. The Kier molecular flexibility index (Phi) is 7.38. The molecule has 0 fully saturated rings. The van der Waals surface area contributed by atoms with Gasteiger partial charge in [0.05, 0.1) is 12.6 Å². The molecule has 0 N–H and O–H groups in total. The molecule has 36 heavy (non-hydrogen) atoms. The maximum Gasteiger partial charge on any atom is 0.265 e. The molecule has 0 saturated carbocycles. The fourth-order valence-electron chi connectivity index (χ4n) is 4.67. The van der Waals surface area contributed by atoms with Crippen LogP contribution in [-0.2, 0) is 16.8 Å². The molecule has 3 aromatic carbocycles. The summed E-state index contributed by atoms with van der Waals surface area (Å²) in [5, 5.41) is 9.70. The summed E-state index contributed by atoms with van der Waals surface area (Å²) in [6, 6.07) is 28.5. The van der Waals surface area contributed by atoms with Gasteiger partial charge >= 0.3 is 0 Å². The lowest BCUT2D eigenvalue weighted by molar-refractivity contribution is 0.0348. The first-order chi connectivity index (χ1) is 17.5. The van der Waals surface area contributed by atoms with E-state index in [0.717, 1.165) is 23.1 Å². The summed E-state index contributed by atoms with van der Waals surface area (Å²) in [7, 11) is 4.10. The van der Waals surface area contributed by atoms with Gasteiger partial charge in [0.15, 0.2) is 5.60 Å². The van der Waals surface area contributed by atoms with Crippen LogP contribution in [0.15, 0.2) is 108 Å². The molecule has 0 aliphatic carbocycles. The van der Waals surface area contributed by atoms with Gasteiger partial charge in [0.25, 0.3) is 5.70 Å². The minimum Gasteiger partial charge on any atom is -0.478 e. The molecule has 0 spiro atoms. The van der Waals surface area contributed by atoms with Crippen molar-refractivity contribution in [3.8, 4) is 6.07 Å². The van der Waals surface area contributed by atoms with Crippen molar-refractivity contribution in [1.29, 1.82) is 5.26 Å². The van der Waals surface area contributed by atoms with Crippen molar-refractivity contribution in [2.24, 2.45) is 0 Å². The lowest BCUT2D eigenvalue weighted by Crippen LogP contribution is -2.34. The van der Waals surface area contributed by atoms with Crippen LogP contribution >= 0.6 is 0 Å². The molecule has 1 aliphatic rings. The topological polar surface area (TPSA) is 40.6 Å². The molecule has 0 amide bonds. The normalized spacial score (nSPS) is 15.9. The second-order valence-corrected chi connectivity index (χ2v) is 8.95. The highest BCUT2D eigenvalue weighted by molar-refractivity contribution is 5.62. The number of anilines is 1. The van der Waals surface area contributed by atoms with Gasteiger partial charge in [0.2, 0.25) is 0 Å². The summed E-state index contributed by atoms with van der Waals surface area (Å²) in [6.07, 6.45) is 7.11. The fourth-order valence-corrected chi connectivity index (χ4v) is 4.67. The van der Waals surface area contributed by atoms with Crippen molar-refractivity contribution in [3.05, 3.63) is 142 Å². The van der Waals surface area contributed by atoms with E-state index in [0.29, 0.717) is 17.8 Å². The Morgan fingerprint density at radius 1 is 1.03 bits per heavy atom. The molecule has 3 aromatic rings. The van der Waals surface area contributed by atoms with Crippen LogP contribution in [0.25, 0.3) is 10.9 Å². The van der Waals surface area contributed by atoms with Crippen LogP contribution in [0.4, 0.5) is 5.69 Å². The van der Waals surface area contributed by atoms with Crippen LogP contribution in [0.2, 0.25) is 0 Å². The molecule has 4 rings (SSSR count). The minimum atomic E-state index is -0.859. The van der Waals surface area contributed by atoms with E-state index in [2.05, 4.69) is 55.0 Å².